The zero-order chi connectivity index (χ0) is 25.6. The molecule has 0 saturated heterocycles. The van der Waals surface area contributed by atoms with E-state index in [1.54, 1.807) is 30.3 Å². The molecule has 1 amide bonds. The first kappa shape index (κ1) is 26.5. The van der Waals surface area contributed by atoms with E-state index in [9.17, 15) is 13.2 Å². The zero-order valence-electron chi connectivity index (χ0n) is 21.2. The lowest BCUT2D eigenvalue weighted by atomic mass is 9.85. The van der Waals surface area contributed by atoms with Gasteiger partial charge in [-0.1, -0.05) is 82.1 Å². The molecule has 0 unspecified atom stereocenters. The Morgan fingerprint density at radius 1 is 0.943 bits per heavy atom. The largest absolute Gasteiger partial charge is 0.483 e. The highest BCUT2D eigenvalue weighted by atomic mass is 32.2. The second-order valence-electron chi connectivity index (χ2n) is 9.78. The van der Waals surface area contributed by atoms with Gasteiger partial charge >= 0.3 is 0 Å². The van der Waals surface area contributed by atoms with Crippen molar-refractivity contribution < 1.29 is 17.9 Å². The summed E-state index contributed by atoms with van der Waals surface area (Å²) in [6, 6.07) is 20.9. The highest BCUT2D eigenvalue weighted by Gasteiger charge is 2.31. The molecule has 0 aliphatic rings. The molecule has 5 nitrogen and oxygen atoms in total. The van der Waals surface area contributed by atoms with Gasteiger partial charge in [0.1, 0.15) is 5.75 Å². The summed E-state index contributed by atoms with van der Waals surface area (Å²) in [7, 11) is -4.13. The maximum absolute atomic E-state index is 13.6. The summed E-state index contributed by atoms with van der Waals surface area (Å²) in [4.78, 5) is 13.5. The van der Waals surface area contributed by atoms with Crippen molar-refractivity contribution in [1.29, 1.82) is 0 Å². The van der Waals surface area contributed by atoms with Crippen molar-refractivity contribution in [2.75, 3.05) is 10.9 Å². The summed E-state index contributed by atoms with van der Waals surface area (Å²) in [5.74, 6) is -0.0842. The van der Waals surface area contributed by atoms with Gasteiger partial charge in [-0.3, -0.25) is 4.79 Å². The minimum Gasteiger partial charge on any atom is -0.483 e. The van der Waals surface area contributed by atoms with Crippen molar-refractivity contribution in [3.05, 3.63) is 89.5 Å². The molecular formula is C29H35NO4S. The number of amides is 1. The molecule has 186 valence electrons. The van der Waals surface area contributed by atoms with E-state index in [1.807, 2.05) is 37.3 Å². The molecule has 3 aromatic carbocycles. The van der Waals surface area contributed by atoms with Crippen LogP contribution >= 0.6 is 0 Å². The standard InChI is InChI=1S/C29H35NO4S/c1-6-7-11-23-15-17-24(18-16-23)30(35(32,33)25-12-9-8-10-13-25)28(31)21-34-27-19-14-22(2)20-26(27)29(3,4)5/h8-10,12-20H,6-7,11,21H2,1-5H3. The molecule has 0 N–H and O–H groups in total. The Morgan fingerprint density at radius 2 is 1.60 bits per heavy atom. The van der Waals surface area contributed by atoms with E-state index in [4.69, 9.17) is 4.74 Å². The molecule has 3 aromatic rings. The predicted octanol–water partition coefficient (Wildman–Crippen LogP) is 6.44. The van der Waals surface area contributed by atoms with Crippen LogP contribution in [-0.4, -0.2) is 20.9 Å². The molecular weight excluding hydrogens is 458 g/mol. The predicted molar refractivity (Wildman–Crippen MR) is 142 cm³/mol. The number of hydrogen-bond acceptors (Lipinski definition) is 4. The summed E-state index contributed by atoms with van der Waals surface area (Å²) in [5.41, 5.74) is 3.25. The molecule has 0 saturated carbocycles. The quantitative estimate of drug-likeness (QED) is 0.344. The summed E-state index contributed by atoms with van der Waals surface area (Å²) in [5, 5.41) is 0. The third kappa shape index (κ3) is 6.51. The van der Waals surface area contributed by atoms with Crippen LogP contribution in [0.4, 0.5) is 5.69 Å². The van der Waals surface area contributed by atoms with Crippen LogP contribution in [0.1, 0.15) is 57.2 Å². The highest BCUT2D eigenvalue weighted by molar-refractivity contribution is 7.93. The third-order valence-electron chi connectivity index (χ3n) is 5.79. The smallest absolute Gasteiger partial charge is 0.278 e. The van der Waals surface area contributed by atoms with Crippen molar-refractivity contribution >= 4 is 21.6 Å². The van der Waals surface area contributed by atoms with E-state index in [-0.39, 0.29) is 10.3 Å². The summed E-state index contributed by atoms with van der Waals surface area (Å²) in [6.45, 7) is 9.94. The van der Waals surface area contributed by atoms with Crippen LogP contribution in [0, 0.1) is 6.92 Å². The average molecular weight is 494 g/mol. The minimum atomic E-state index is -4.13. The normalized spacial score (nSPS) is 11.8. The fourth-order valence-corrected chi connectivity index (χ4v) is 5.28. The van der Waals surface area contributed by atoms with Gasteiger partial charge < -0.3 is 4.74 Å². The molecule has 0 atom stereocenters. The Morgan fingerprint density at radius 3 is 2.20 bits per heavy atom. The number of carbonyl (C=O) groups is 1. The number of rotatable bonds is 9. The molecule has 0 spiro atoms. The molecule has 0 aromatic heterocycles. The molecule has 6 heteroatoms. The van der Waals surface area contributed by atoms with Gasteiger partial charge in [-0.2, -0.15) is 4.31 Å². The molecule has 0 fully saturated rings. The van der Waals surface area contributed by atoms with Crippen molar-refractivity contribution in [2.45, 2.75) is 64.2 Å². The SMILES string of the molecule is CCCCc1ccc(N(C(=O)COc2ccc(C)cc2C(C)(C)C)S(=O)(=O)c2ccccc2)cc1. The zero-order valence-corrected chi connectivity index (χ0v) is 22.1. The van der Waals surface area contributed by atoms with E-state index in [1.165, 1.54) is 12.1 Å². The van der Waals surface area contributed by atoms with Gasteiger partial charge in [0, 0.05) is 0 Å². The second kappa shape index (κ2) is 11.1. The Balaban J connectivity index is 1.95. The van der Waals surface area contributed by atoms with Gasteiger partial charge in [0.2, 0.25) is 0 Å². The first-order chi connectivity index (χ1) is 16.5. The summed E-state index contributed by atoms with van der Waals surface area (Å²) in [6.07, 6.45) is 3.02. The van der Waals surface area contributed by atoms with Crippen molar-refractivity contribution in [1.82, 2.24) is 0 Å². The fraction of sp³-hybridized carbons (Fsp3) is 0.345. The number of anilines is 1. The lowest BCUT2D eigenvalue weighted by Crippen LogP contribution is -2.40. The third-order valence-corrected chi connectivity index (χ3v) is 7.56. The van der Waals surface area contributed by atoms with Crippen LogP contribution in [0.15, 0.2) is 77.7 Å². The Hall–Kier alpha value is -3.12. The topological polar surface area (TPSA) is 63.7 Å². The minimum absolute atomic E-state index is 0.0501. The van der Waals surface area contributed by atoms with Crippen LogP contribution < -0.4 is 9.04 Å². The number of aryl methyl sites for hydroxylation is 2. The first-order valence-corrected chi connectivity index (χ1v) is 13.4. The highest BCUT2D eigenvalue weighted by Crippen LogP contribution is 2.32. The van der Waals surface area contributed by atoms with E-state index in [0.29, 0.717) is 11.4 Å². The monoisotopic (exact) mass is 493 g/mol. The van der Waals surface area contributed by atoms with Crippen molar-refractivity contribution in [3.63, 3.8) is 0 Å². The van der Waals surface area contributed by atoms with E-state index in [2.05, 4.69) is 27.7 Å². The molecule has 35 heavy (non-hydrogen) atoms. The number of unbranched alkanes of at least 4 members (excludes halogenated alkanes) is 1. The van der Waals surface area contributed by atoms with Gasteiger partial charge in [0.25, 0.3) is 15.9 Å². The van der Waals surface area contributed by atoms with Crippen LogP contribution in [0.3, 0.4) is 0 Å². The van der Waals surface area contributed by atoms with Crippen molar-refractivity contribution in [2.24, 2.45) is 0 Å². The van der Waals surface area contributed by atoms with Gasteiger partial charge in [-0.05, 0) is 66.6 Å². The average Bonchev–Trinajstić information content (AvgIpc) is 2.82. The maximum atomic E-state index is 13.6. The van der Waals surface area contributed by atoms with Gasteiger partial charge in [-0.15, -0.1) is 0 Å². The van der Waals surface area contributed by atoms with Crippen LogP contribution in [-0.2, 0) is 26.7 Å². The van der Waals surface area contributed by atoms with E-state index in [0.717, 1.165) is 40.3 Å². The van der Waals surface area contributed by atoms with E-state index >= 15 is 0 Å². The van der Waals surface area contributed by atoms with Gasteiger partial charge in [-0.25, -0.2) is 8.42 Å². The molecule has 0 aliphatic carbocycles. The number of sulfonamides is 1. The number of hydrogen-bond donors (Lipinski definition) is 0. The summed E-state index contributed by atoms with van der Waals surface area (Å²) < 4.78 is 33.9. The van der Waals surface area contributed by atoms with Crippen LogP contribution in [0.25, 0.3) is 0 Å². The number of ether oxygens (including phenoxy) is 1. The van der Waals surface area contributed by atoms with Crippen molar-refractivity contribution in [3.8, 4) is 5.75 Å². The lowest BCUT2D eigenvalue weighted by molar-refractivity contribution is -0.119. The fourth-order valence-electron chi connectivity index (χ4n) is 3.85. The lowest BCUT2D eigenvalue weighted by Gasteiger charge is -2.25. The summed E-state index contributed by atoms with van der Waals surface area (Å²) >= 11 is 0. The Labute approximate surface area is 209 Å². The molecule has 0 aliphatic heterocycles. The van der Waals surface area contributed by atoms with E-state index < -0.39 is 22.5 Å². The van der Waals surface area contributed by atoms with Crippen LogP contribution in [0.5, 0.6) is 5.75 Å². The van der Waals surface area contributed by atoms with Gasteiger partial charge in [0.15, 0.2) is 6.61 Å². The Kier molecular flexibility index (Phi) is 8.39. The second-order valence-corrected chi connectivity index (χ2v) is 11.6. The molecule has 0 bridgehead atoms. The number of nitrogens with zero attached hydrogens (tertiary/aromatic N) is 1. The Bertz CT molecular complexity index is 1240. The number of benzene rings is 3. The first-order valence-electron chi connectivity index (χ1n) is 12.0. The number of carbonyl (C=O) groups excluding carboxylic acids is 1. The maximum Gasteiger partial charge on any atom is 0.278 e. The molecule has 0 radical (unpaired) electrons. The van der Waals surface area contributed by atoms with Crippen LogP contribution in [0.2, 0.25) is 0 Å². The van der Waals surface area contributed by atoms with Gasteiger partial charge in [0.05, 0.1) is 10.6 Å². The molecule has 0 heterocycles. The molecule has 3 rings (SSSR count).